The van der Waals surface area contributed by atoms with Crippen LogP contribution in [0.2, 0.25) is 0 Å². The van der Waals surface area contributed by atoms with Crippen LogP contribution in [0.15, 0.2) is 59.6 Å². The zero-order chi connectivity index (χ0) is 20.3. The predicted molar refractivity (Wildman–Crippen MR) is 116 cm³/mol. The van der Waals surface area contributed by atoms with Crippen molar-refractivity contribution in [3.05, 3.63) is 65.7 Å². The third kappa shape index (κ3) is 7.49. The van der Waals surface area contributed by atoms with Gasteiger partial charge in [-0.05, 0) is 37.3 Å². The first kappa shape index (κ1) is 20.7. The van der Waals surface area contributed by atoms with E-state index in [2.05, 4.69) is 20.9 Å². The van der Waals surface area contributed by atoms with Crippen LogP contribution in [0.25, 0.3) is 0 Å². The van der Waals surface area contributed by atoms with Crippen LogP contribution in [0.4, 0.5) is 0 Å². The quantitative estimate of drug-likeness (QED) is 0.428. The number of benzene rings is 2. The van der Waals surface area contributed by atoms with Gasteiger partial charge in [-0.1, -0.05) is 48.5 Å². The summed E-state index contributed by atoms with van der Waals surface area (Å²) >= 11 is 0. The van der Waals surface area contributed by atoms with Crippen LogP contribution in [0, 0.1) is 5.92 Å². The molecule has 29 heavy (non-hydrogen) atoms. The molecule has 0 unspecified atom stereocenters. The Bertz CT molecular complexity index is 804. The summed E-state index contributed by atoms with van der Waals surface area (Å²) in [6.07, 6.45) is 2.53. The van der Waals surface area contributed by atoms with E-state index in [9.17, 15) is 4.79 Å². The van der Waals surface area contributed by atoms with Crippen LogP contribution in [0.3, 0.4) is 0 Å². The number of amides is 1. The zero-order valence-corrected chi connectivity index (χ0v) is 17.0. The van der Waals surface area contributed by atoms with Crippen molar-refractivity contribution < 1.29 is 9.53 Å². The van der Waals surface area contributed by atoms with Crippen molar-refractivity contribution in [2.24, 2.45) is 10.9 Å². The number of hydrogen-bond acceptors (Lipinski definition) is 3. The Balaban J connectivity index is 1.49. The summed E-state index contributed by atoms with van der Waals surface area (Å²) in [5.41, 5.74) is 2.11. The lowest BCUT2D eigenvalue weighted by molar-refractivity contribution is -0.120. The van der Waals surface area contributed by atoms with Gasteiger partial charge >= 0.3 is 0 Å². The second-order valence-corrected chi connectivity index (χ2v) is 7.17. The minimum absolute atomic E-state index is 0.0763. The summed E-state index contributed by atoms with van der Waals surface area (Å²) in [4.78, 5) is 16.7. The largest absolute Gasteiger partial charge is 0.493 e. The van der Waals surface area contributed by atoms with Crippen molar-refractivity contribution in [2.75, 3.05) is 19.7 Å². The normalized spacial score (nSPS) is 13.6. The van der Waals surface area contributed by atoms with Gasteiger partial charge in [-0.3, -0.25) is 4.79 Å². The monoisotopic (exact) mass is 394 g/mol. The SMILES string of the molecule is CCNC(=NCc1ccccc1OCC1CC1)NCC(=O)NCc1ccccc1. The van der Waals surface area contributed by atoms with Gasteiger partial charge in [0, 0.05) is 18.7 Å². The highest BCUT2D eigenvalue weighted by Crippen LogP contribution is 2.30. The summed E-state index contributed by atoms with van der Waals surface area (Å²) in [7, 11) is 0. The molecule has 6 nitrogen and oxygen atoms in total. The van der Waals surface area contributed by atoms with E-state index >= 15 is 0 Å². The van der Waals surface area contributed by atoms with Gasteiger partial charge in [0.25, 0.3) is 0 Å². The summed E-state index contributed by atoms with van der Waals surface area (Å²) in [6, 6.07) is 17.9. The average Bonchev–Trinajstić information content (AvgIpc) is 3.58. The second-order valence-electron chi connectivity index (χ2n) is 7.17. The van der Waals surface area contributed by atoms with Gasteiger partial charge in [0.05, 0.1) is 19.7 Å². The second kappa shape index (κ2) is 11.1. The van der Waals surface area contributed by atoms with E-state index in [0.717, 1.165) is 30.0 Å². The molecule has 1 amide bonds. The lowest BCUT2D eigenvalue weighted by atomic mass is 10.2. The molecule has 0 atom stereocenters. The van der Waals surface area contributed by atoms with Crippen molar-refractivity contribution in [2.45, 2.75) is 32.9 Å². The lowest BCUT2D eigenvalue weighted by Gasteiger charge is -2.13. The first-order valence-electron chi connectivity index (χ1n) is 10.3. The van der Waals surface area contributed by atoms with E-state index in [-0.39, 0.29) is 12.5 Å². The number of para-hydroxylation sites is 1. The van der Waals surface area contributed by atoms with Crippen molar-refractivity contribution in [1.82, 2.24) is 16.0 Å². The van der Waals surface area contributed by atoms with E-state index in [4.69, 9.17) is 4.74 Å². The zero-order valence-electron chi connectivity index (χ0n) is 17.0. The number of carbonyl (C=O) groups is 1. The summed E-state index contributed by atoms with van der Waals surface area (Å²) < 4.78 is 5.95. The number of aliphatic imine (C=N–C) groups is 1. The summed E-state index contributed by atoms with van der Waals surface area (Å²) in [5.74, 6) is 2.13. The fourth-order valence-corrected chi connectivity index (χ4v) is 2.80. The fourth-order valence-electron chi connectivity index (χ4n) is 2.80. The molecule has 1 aliphatic carbocycles. The molecule has 2 aromatic rings. The molecular formula is C23H30N4O2. The van der Waals surface area contributed by atoms with Crippen LogP contribution < -0.4 is 20.7 Å². The molecule has 2 aromatic carbocycles. The van der Waals surface area contributed by atoms with Crippen LogP contribution in [0.1, 0.15) is 30.9 Å². The van der Waals surface area contributed by atoms with Gasteiger partial charge in [0.2, 0.25) is 5.91 Å². The maximum Gasteiger partial charge on any atom is 0.239 e. The van der Waals surface area contributed by atoms with Crippen LogP contribution >= 0.6 is 0 Å². The highest BCUT2D eigenvalue weighted by Gasteiger charge is 2.22. The fraction of sp³-hybridized carbons (Fsp3) is 0.391. The van der Waals surface area contributed by atoms with Gasteiger partial charge in [-0.15, -0.1) is 0 Å². The molecule has 0 saturated heterocycles. The minimum Gasteiger partial charge on any atom is -0.493 e. The molecule has 0 aliphatic heterocycles. The number of rotatable bonds is 10. The van der Waals surface area contributed by atoms with Gasteiger partial charge < -0.3 is 20.7 Å². The maximum atomic E-state index is 12.1. The average molecular weight is 395 g/mol. The Morgan fingerprint density at radius 1 is 1.03 bits per heavy atom. The molecule has 0 radical (unpaired) electrons. The van der Waals surface area contributed by atoms with Gasteiger partial charge in [0.1, 0.15) is 5.75 Å². The third-order valence-corrected chi connectivity index (χ3v) is 4.64. The molecule has 3 rings (SSSR count). The van der Waals surface area contributed by atoms with Crippen molar-refractivity contribution in [3.63, 3.8) is 0 Å². The van der Waals surface area contributed by atoms with Crippen molar-refractivity contribution >= 4 is 11.9 Å². The van der Waals surface area contributed by atoms with E-state index in [0.29, 0.717) is 25.0 Å². The molecule has 1 fully saturated rings. The lowest BCUT2D eigenvalue weighted by Crippen LogP contribution is -2.43. The number of nitrogens with zero attached hydrogens (tertiary/aromatic N) is 1. The van der Waals surface area contributed by atoms with Gasteiger partial charge in [-0.25, -0.2) is 4.99 Å². The number of ether oxygens (including phenoxy) is 1. The Labute approximate surface area is 172 Å². The molecule has 0 bridgehead atoms. The number of guanidine groups is 1. The Morgan fingerprint density at radius 3 is 2.55 bits per heavy atom. The first-order valence-corrected chi connectivity index (χ1v) is 10.3. The molecule has 0 spiro atoms. The Kier molecular flexibility index (Phi) is 7.92. The molecule has 3 N–H and O–H groups in total. The molecule has 0 heterocycles. The van der Waals surface area contributed by atoms with Crippen LogP contribution in [-0.4, -0.2) is 31.6 Å². The van der Waals surface area contributed by atoms with Crippen molar-refractivity contribution in [1.29, 1.82) is 0 Å². The van der Waals surface area contributed by atoms with Gasteiger partial charge in [0.15, 0.2) is 5.96 Å². The molecule has 1 saturated carbocycles. The van der Waals surface area contributed by atoms with Crippen LogP contribution in [-0.2, 0) is 17.9 Å². The van der Waals surface area contributed by atoms with Crippen molar-refractivity contribution in [3.8, 4) is 5.75 Å². The Morgan fingerprint density at radius 2 is 1.79 bits per heavy atom. The summed E-state index contributed by atoms with van der Waals surface area (Å²) in [6.45, 7) is 4.67. The minimum atomic E-state index is -0.0763. The molecule has 6 heteroatoms. The van der Waals surface area contributed by atoms with E-state index < -0.39 is 0 Å². The topological polar surface area (TPSA) is 74.8 Å². The maximum absolute atomic E-state index is 12.1. The number of carbonyl (C=O) groups excluding carboxylic acids is 1. The molecule has 1 aliphatic rings. The molecule has 0 aromatic heterocycles. The molecule has 154 valence electrons. The highest BCUT2D eigenvalue weighted by atomic mass is 16.5. The third-order valence-electron chi connectivity index (χ3n) is 4.64. The van der Waals surface area contributed by atoms with E-state index in [1.807, 2.05) is 61.5 Å². The standard InChI is InChI=1S/C23H30N4O2/c1-2-24-23(27-16-22(28)25-14-18-8-4-3-5-9-18)26-15-20-10-6-7-11-21(20)29-17-19-12-13-19/h3-11,19H,2,12-17H2,1H3,(H,25,28)(H2,24,26,27). The smallest absolute Gasteiger partial charge is 0.239 e. The number of hydrogen-bond donors (Lipinski definition) is 3. The number of nitrogens with one attached hydrogen (secondary N) is 3. The first-order chi connectivity index (χ1) is 14.2. The Hall–Kier alpha value is -3.02. The highest BCUT2D eigenvalue weighted by molar-refractivity contribution is 5.86. The van der Waals surface area contributed by atoms with Gasteiger partial charge in [-0.2, -0.15) is 0 Å². The molecular weight excluding hydrogens is 364 g/mol. The predicted octanol–water partition coefficient (Wildman–Crippen LogP) is 2.85. The van der Waals surface area contributed by atoms with E-state index in [1.54, 1.807) is 0 Å². The summed E-state index contributed by atoms with van der Waals surface area (Å²) in [5, 5.41) is 9.18. The van der Waals surface area contributed by atoms with Crippen LogP contribution in [0.5, 0.6) is 5.75 Å². The van der Waals surface area contributed by atoms with E-state index in [1.165, 1.54) is 12.8 Å².